The third-order valence-electron chi connectivity index (χ3n) is 10.5. The van der Waals surface area contributed by atoms with Gasteiger partial charge in [0.05, 0.1) is 27.4 Å². The van der Waals surface area contributed by atoms with Crippen LogP contribution >= 0.6 is 30.5 Å². The minimum Gasteiger partial charge on any atom is -0.340 e. The molecule has 5 heterocycles. The molecule has 0 radical (unpaired) electrons. The number of fused-ring (bicyclic) bond motifs is 2. The summed E-state index contributed by atoms with van der Waals surface area (Å²) >= 11 is 7.36. The smallest absolute Gasteiger partial charge is 0.340 e. The summed E-state index contributed by atoms with van der Waals surface area (Å²) in [6.07, 6.45) is 8.58. The zero-order valence-corrected chi connectivity index (χ0v) is 28.3. The van der Waals surface area contributed by atoms with E-state index in [0.717, 1.165) is 36.2 Å². The van der Waals surface area contributed by atoms with Gasteiger partial charge < -0.3 is 24.9 Å². The molecule has 48 heavy (non-hydrogen) atoms. The Hall–Kier alpha value is -3.40. The summed E-state index contributed by atoms with van der Waals surface area (Å²) in [7, 11) is -5.00. The van der Waals surface area contributed by atoms with Crippen molar-refractivity contribution < 1.29 is 33.1 Å². The average molecular weight is 714 g/mol. The van der Waals surface area contributed by atoms with E-state index in [0.29, 0.717) is 53.8 Å². The first-order valence-corrected chi connectivity index (χ1v) is 19.0. The number of aromatic nitrogens is 1. The van der Waals surface area contributed by atoms with Gasteiger partial charge in [-0.1, -0.05) is 30.5 Å². The fourth-order valence-corrected chi connectivity index (χ4v) is 9.69. The van der Waals surface area contributed by atoms with Crippen LogP contribution in [0.3, 0.4) is 0 Å². The van der Waals surface area contributed by atoms with E-state index in [1.165, 1.54) is 30.5 Å². The summed E-state index contributed by atoms with van der Waals surface area (Å²) in [5, 5.41) is 14.0. The van der Waals surface area contributed by atoms with Crippen LogP contribution in [0.5, 0.6) is 0 Å². The van der Waals surface area contributed by atoms with E-state index in [1.807, 2.05) is 4.90 Å². The summed E-state index contributed by atoms with van der Waals surface area (Å²) in [6, 6.07) is 8.20. The molecule has 3 aromatic rings. The lowest BCUT2D eigenvalue weighted by Gasteiger charge is -2.37. The van der Waals surface area contributed by atoms with E-state index in [2.05, 4.69) is 16.4 Å². The van der Waals surface area contributed by atoms with Crippen LogP contribution in [0.15, 0.2) is 42.7 Å². The topological polar surface area (TPSA) is 164 Å². The first kappa shape index (κ1) is 33.1. The molecule has 11 nitrogen and oxygen atoms in total. The molecule has 4 aliphatic rings. The lowest BCUT2D eigenvalue weighted by atomic mass is 9.85. The molecule has 1 saturated carbocycles. The second-order valence-electron chi connectivity index (χ2n) is 13.3. The normalized spacial score (nSPS) is 27.3. The van der Waals surface area contributed by atoms with Crippen molar-refractivity contribution in [2.75, 3.05) is 6.54 Å². The molecule has 3 saturated heterocycles. The number of pyridine rings is 1. The summed E-state index contributed by atoms with van der Waals surface area (Å²) in [5.41, 5.74) is 0.0492. The summed E-state index contributed by atoms with van der Waals surface area (Å²) in [5.74, 6) is -4.09. The minimum atomic E-state index is -5.00. The zero-order chi connectivity index (χ0) is 34.0. The molecule has 7 rings (SSSR count). The number of nitrogens with one attached hydrogen (secondary N) is 1. The van der Waals surface area contributed by atoms with Crippen LogP contribution in [0.4, 0.5) is 4.39 Å². The molecule has 4 fully saturated rings. The largest absolute Gasteiger partial charge is 0.363 e. The molecule has 3 amide bonds. The van der Waals surface area contributed by atoms with Crippen molar-refractivity contribution in [1.82, 2.24) is 20.1 Å². The van der Waals surface area contributed by atoms with E-state index in [1.54, 1.807) is 17.2 Å². The molecule has 0 unspecified atom stereocenters. The number of hydrogen-bond acceptors (Lipinski definition) is 7. The van der Waals surface area contributed by atoms with E-state index in [9.17, 15) is 38.4 Å². The lowest BCUT2D eigenvalue weighted by Crippen LogP contribution is -2.57. The highest BCUT2D eigenvalue weighted by molar-refractivity contribution is 7.51. The lowest BCUT2D eigenvalue weighted by molar-refractivity contribution is -0.148. The number of nitriles is 1. The van der Waals surface area contributed by atoms with Crippen molar-refractivity contribution in [3.63, 3.8) is 0 Å². The molecule has 252 valence electrons. The van der Waals surface area contributed by atoms with Gasteiger partial charge in [-0.3, -0.25) is 23.9 Å². The first-order valence-electron chi connectivity index (χ1n) is 16.1. The highest BCUT2D eigenvalue weighted by Crippen LogP contribution is 2.58. The van der Waals surface area contributed by atoms with Gasteiger partial charge in [0.1, 0.15) is 12.1 Å². The Labute approximate surface area is 285 Å². The van der Waals surface area contributed by atoms with Crippen molar-refractivity contribution in [2.45, 2.75) is 86.9 Å². The maximum atomic E-state index is 14.4. The maximum Gasteiger partial charge on any atom is 0.363 e. The fourth-order valence-electron chi connectivity index (χ4n) is 8.02. The summed E-state index contributed by atoms with van der Waals surface area (Å²) < 4.78 is 26.4. The number of thiophene rings is 1. The number of hydrogen-bond donors (Lipinski definition) is 3. The molecule has 1 spiro atoms. The van der Waals surface area contributed by atoms with Crippen LogP contribution in [0.25, 0.3) is 10.1 Å². The molecule has 0 bridgehead atoms. The Kier molecular flexibility index (Phi) is 8.61. The monoisotopic (exact) mass is 713 g/mol. The van der Waals surface area contributed by atoms with Crippen LogP contribution in [-0.4, -0.2) is 72.5 Å². The van der Waals surface area contributed by atoms with Crippen LogP contribution < -0.4 is 5.32 Å². The third-order valence-corrected chi connectivity index (χ3v) is 12.7. The van der Waals surface area contributed by atoms with E-state index in [4.69, 9.17) is 11.6 Å². The molecule has 1 aromatic carbocycles. The van der Waals surface area contributed by atoms with Crippen LogP contribution in [0.1, 0.15) is 84.0 Å². The number of rotatable bonds is 6. The first-order chi connectivity index (χ1) is 22.9. The highest BCUT2D eigenvalue weighted by atomic mass is 35.5. The molecule has 3 N–H and O–H groups in total. The zero-order valence-electron chi connectivity index (χ0n) is 25.8. The molecule has 1 aliphatic carbocycles. The predicted molar refractivity (Wildman–Crippen MR) is 176 cm³/mol. The number of benzene rings is 1. The van der Waals surface area contributed by atoms with Crippen LogP contribution in [-0.2, 0) is 14.2 Å². The van der Waals surface area contributed by atoms with Crippen molar-refractivity contribution in [1.29, 1.82) is 5.26 Å². The van der Waals surface area contributed by atoms with Gasteiger partial charge in [0.15, 0.2) is 0 Å². The molecule has 2 aromatic heterocycles. The minimum absolute atomic E-state index is 0.131. The summed E-state index contributed by atoms with van der Waals surface area (Å²) in [4.78, 5) is 68.6. The number of alkyl halides is 1. The van der Waals surface area contributed by atoms with Gasteiger partial charge in [-0.2, -0.15) is 5.26 Å². The number of carbonyl (C=O) groups excluding carboxylic acids is 3. The number of carbonyl (C=O) groups is 3. The van der Waals surface area contributed by atoms with Crippen molar-refractivity contribution >= 4 is 58.3 Å². The van der Waals surface area contributed by atoms with Crippen molar-refractivity contribution in [3.05, 3.63) is 63.8 Å². The van der Waals surface area contributed by atoms with Gasteiger partial charge >= 0.3 is 7.60 Å². The SMILES string of the molecule is N#C[C@@H]1[C@@H](c2cncc(Cl)c2)CN(C(=O)[C@@H]2CC[C@@H]3CCCC[C@H](NC(=O)c4cc5cc([C@H](F)P(=O)(O)O)ccc5s4)C(=O)N32)C12CC2. The van der Waals surface area contributed by atoms with E-state index >= 15 is 0 Å². The average Bonchev–Trinajstić information content (AvgIpc) is 3.39. The highest BCUT2D eigenvalue weighted by Gasteiger charge is 2.64. The van der Waals surface area contributed by atoms with Gasteiger partial charge in [0.25, 0.3) is 5.91 Å². The Morgan fingerprint density at radius 2 is 1.92 bits per heavy atom. The second kappa shape index (κ2) is 12.5. The van der Waals surface area contributed by atoms with Crippen LogP contribution in [0.2, 0.25) is 5.02 Å². The quantitative estimate of drug-likeness (QED) is 0.285. The number of likely N-dealkylation sites (tertiary alicyclic amines) is 1. The number of amides is 3. The number of nitrogens with zero attached hydrogens (tertiary/aromatic N) is 4. The van der Waals surface area contributed by atoms with Gasteiger partial charge in [0.2, 0.25) is 17.7 Å². The Morgan fingerprint density at radius 3 is 2.62 bits per heavy atom. The Bertz CT molecular complexity index is 1890. The maximum absolute atomic E-state index is 14.4. The Balaban J connectivity index is 1.11. The second-order valence-corrected chi connectivity index (χ2v) is 16.5. The molecule has 6 atom stereocenters. The van der Waals surface area contributed by atoms with Gasteiger partial charge in [0, 0.05) is 35.6 Å². The van der Waals surface area contributed by atoms with E-state index < -0.39 is 43.0 Å². The van der Waals surface area contributed by atoms with Gasteiger partial charge in [-0.05, 0) is 79.3 Å². The van der Waals surface area contributed by atoms with E-state index in [-0.39, 0.29) is 34.2 Å². The third kappa shape index (κ3) is 5.81. The summed E-state index contributed by atoms with van der Waals surface area (Å²) in [6.45, 7) is 0.341. The molecule has 3 aliphatic heterocycles. The fraction of sp³-hybridized carbons (Fsp3) is 0.485. The van der Waals surface area contributed by atoms with Gasteiger partial charge in [-0.15, -0.1) is 11.3 Å². The molecular formula is C33H34ClFN5O6PS. The molecule has 15 heteroatoms. The van der Waals surface area contributed by atoms with Crippen molar-refractivity contribution in [3.8, 4) is 6.07 Å². The van der Waals surface area contributed by atoms with Gasteiger partial charge in [-0.25, -0.2) is 4.39 Å². The van der Waals surface area contributed by atoms with Crippen LogP contribution in [0, 0.1) is 17.2 Å². The standard InChI is InChI=1S/C33H34ClFN5O6PS/c34-21-12-20(15-37-16-21)23-17-39(33(9-10-33)24(23)14-36)32(43)26-7-6-22-3-1-2-4-25(31(42)40(22)26)38-30(41)28-13-19-11-18(5-8-27(19)48-28)29(35)47(44,45)46/h5,8,11-13,15-16,22-26,29H,1-4,6-7,9-10,17H2,(H,38,41)(H2,44,45,46)/t22-,23+,24+,25-,26-,29+/m0/s1. The predicted octanol–water partition coefficient (Wildman–Crippen LogP) is 5.43. The number of halogens is 2. The van der Waals surface area contributed by atoms with Crippen molar-refractivity contribution in [2.24, 2.45) is 5.92 Å². The Morgan fingerprint density at radius 1 is 1.15 bits per heavy atom. The molecular weight excluding hydrogens is 680 g/mol.